The highest BCUT2D eigenvalue weighted by Gasteiger charge is 2.20. The second-order valence-corrected chi connectivity index (χ2v) is 5.90. The van der Waals surface area contributed by atoms with E-state index in [0.717, 1.165) is 0 Å². The van der Waals surface area contributed by atoms with Gasteiger partial charge in [0.1, 0.15) is 11.5 Å². The molecule has 0 aromatic heterocycles. The summed E-state index contributed by atoms with van der Waals surface area (Å²) in [5.41, 5.74) is 0.524. The first-order valence-corrected chi connectivity index (χ1v) is 8.06. The lowest BCUT2D eigenvalue weighted by Gasteiger charge is -2.14. The van der Waals surface area contributed by atoms with Gasteiger partial charge in [-0.1, -0.05) is 13.8 Å². The molecule has 1 aromatic carbocycles. The molecule has 0 radical (unpaired) electrons. The van der Waals surface area contributed by atoms with E-state index in [0.29, 0.717) is 55.6 Å². The maximum absolute atomic E-state index is 12.5. The van der Waals surface area contributed by atoms with E-state index >= 15 is 0 Å². The number of ether oxygens (including phenoxy) is 3. The largest absolute Gasteiger partial charge is 0.493 e. The molecule has 1 saturated heterocycles. The van der Waals surface area contributed by atoms with Crippen molar-refractivity contribution in [3.63, 3.8) is 0 Å². The van der Waals surface area contributed by atoms with Crippen LogP contribution in [0.15, 0.2) is 18.2 Å². The van der Waals surface area contributed by atoms with Gasteiger partial charge in [-0.05, 0) is 24.1 Å². The van der Waals surface area contributed by atoms with E-state index in [1.54, 1.807) is 18.2 Å². The van der Waals surface area contributed by atoms with E-state index in [4.69, 9.17) is 18.0 Å². The van der Waals surface area contributed by atoms with Crippen LogP contribution in [0.5, 0.6) is 11.5 Å². The van der Waals surface area contributed by atoms with Crippen molar-refractivity contribution in [1.82, 2.24) is 0 Å². The minimum Gasteiger partial charge on any atom is -0.493 e. The first-order valence-electron chi connectivity index (χ1n) is 7.42. The van der Waals surface area contributed by atoms with Crippen LogP contribution >= 0.6 is 16.3 Å². The lowest BCUT2D eigenvalue weighted by atomic mass is 10.0. The Morgan fingerprint density at radius 1 is 1.36 bits per heavy atom. The van der Waals surface area contributed by atoms with Crippen molar-refractivity contribution >= 4 is 22.0 Å². The number of halogens is 1. The fourth-order valence-electron chi connectivity index (χ4n) is 2.11. The molecule has 1 fully saturated rings. The lowest BCUT2D eigenvalue weighted by molar-refractivity contribution is -0.0464. The summed E-state index contributed by atoms with van der Waals surface area (Å²) in [5, 5.41) is 0. The molecule has 0 amide bonds. The summed E-state index contributed by atoms with van der Waals surface area (Å²) in [6, 6.07) is 5.20. The van der Waals surface area contributed by atoms with Crippen LogP contribution in [0.3, 0.4) is 0 Å². The minimum absolute atomic E-state index is 0.00995. The molecule has 0 atom stereocenters. The van der Waals surface area contributed by atoms with Gasteiger partial charge in [-0.15, -0.1) is 0 Å². The first kappa shape index (κ1) is 17.2. The normalized spacial score (nSPS) is 15.3. The summed E-state index contributed by atoms with van der Waals surface area (Å²) in [7, 11) is 0. The van der Waals surface area contributed by atoms with E-state index < -0.39 is 0 Å². The Balaban J connectivity index is 2.05. The Labute approximate surface area is 139 Å². The molecule has 122 valence electrons. The fraction of sp³-hybridized carbons (Fsp3) is 0.562. The standard InChI is InChI=1S/C16H21BrO5/c1-11(2)10-21-15-5-3-12(22-17)9-13(15)14(18)4-6-16-19-7-8-20-16/h3,5,9,11,16H,4,6-8,10H2,1-2H3. The summed E-state index contributed by atoms with van der Waals surface area (Å²) < 4.78 is 21.5. The van der Waals surface area contributed by atoms with Crippen molar-refractivity contribution in [1.29, 1.82) is 0 Å². The van der Waals surface area contributed by atoms with E-state index in [1.807, 2.05) is 0 Å². The second kappa shape index (κ2) is 8.50. The zero-order chi connectivity index (χ0) is 15.9. The topological polar surface area (TPSA) is 54.0 Å². The number of Topliss-reactive ketones (excluding diaryl/α,β-unsaturated/α-hetero) is 1. The second-order valence-electron chi connectivity index (χ2n) is 5.57. The van der Waals surface area contributed by atoms with E-state index in [-0.39, 0.29) is 12.1 Å². The molecule has 0 spiro atoms. The van der Waals surface area contributed by atoms with Gasteiger partial charge in [-0.25, -0.2) is 0 Å². The SMILES string of the molecule is CC(C)COc1ccc(OBr)cc1C(=O)CCC1OCCO1. The van der Waals surface area contributed by atoms with Crippen molar-refractivity contribution < 1.29 is 22.8 Å². The Morgan fingerprint density at radius 2 is 2.09 bits per heavy atom. The van der Waals surface area contributed by atoms with Crippen LogP contribution in [0, 0.1) is 5.92 Å². The third-order valence-corrected chi connectivity index (χ3v) is 3.58. The summed E-state index contributed by atoms with van der Waals surface area (Å²) in [4.78, 5) is 12.5. The van der Waals surface area contributed by atoms with E-state index in [9.17, 15) is 4.79 Å². The molecule has 1 aliphatic heterocycles. The molecule has 0 bridgehead atoms. The molecular weight excluding hydrogens is 352 g/mol. The van der Waals surface area contributed by atoms with Crippen molar-refractivity contribution in [2.24, 2.45) is 5.92 Å². The van der Waals surface area contributed by atoms with Crippen molar-refractivity contribution in [3.8, 4) is 11.5 Å². The summed E-state index contributed by atoms with van der Waals surface area (Å²) in [6.07, 6.45) is 0.607. The number of carbonyl (C=O) groups is 1. The van der Waals surface area contributed by atoms with Crippen LogP contribution < -0.4 is 8.57 Å². The minimum atomic E-state index is -0.278. The average Bonchev–Trinajstić information content (AvgIpc) is 3.03. The maximum Gasteiger partial charge on any atom is 0.179 e. The van der Waals surface area contributed by atoms with E-state index in [1.165, 1.54) is 0 Å². The zero-order valence-electron chi connectivity index (χ0n) is 12.8. The number of benzene rings is 1. The smallest absolute Gasteiger partial charge is 0.179 e. The van der Waals surface area contributed by atoms with Gasteiger partial charge in [-0.2, -0.15) is 0 Å². The summed E-state index contributed by atoms with van der Waals surface area (Å²) in [6.45, 7) is 5.87. The predicted octanol–water partition coefficient (Wildman–Crippen LogP) is 3.75. The van der Waals surface area contributed by atoms with Gasteiger partial charge < -0.3 is 18.0 Å². The summed E-state index contributed by atoms with van der Waals surface area (Å²) >= 11 is 2.93. The first-order chi connectivity index (χ1) is 10.6. The molecule has 0 N–H and O–H groups in total. The highest BCUT2D eigenvalue weighted by Crippen LogP contribution is 2.28. The monoisotopic (exact) mass is 372 g/mol. The fourth-order valence-corrected chi connectivity index (χ4v) is 2.32. The predicted molar refractivity (Wildman–Crippen MR) is 85.6 cm³/mol. The lowest BCUT2D eigenvalue weighted by Crippen LogP contribution is -2.12. The molecule has 22 heavy (non-hydrogen) atoms. The number of hydrogen-bond donors (Lipinski definition) is 0. The van der Waals surface area contributed by atoms with Gasteiger partial charge in [0.2, 0.25) is 0 Å². The number of hydrogen-bond acceptors (Lipinski definition) is 5. The Morgan fingerprint density at radius 3 is 2.73 bits per heavy atom. The number of rotatable bonds is 8. The third kappa shape index (κ3) is 4.97. The van der Waals surface area contributed by atoms with Crippen molar-refractivity contribution in [2.75, 3.05) is 19.8 Å². The molecule has 0 aliphatic carbocycles. The average molecular weight is 373 g/mol. The third-order valence-electron chi connectivity index (χ3n) is 3.21. The molecule has 2 rings (SSSR count). The van der Waals surface area contributed by atoms with Crippen molar-refractivity contribution in [3.05, 3.63) is 23.8 Å². The van der Waals surface area contributed by atoms with Gasteiger partial charge in [0.15, 0.2) is 28.3 Å². The highest BCUT2D eigenvalue weighted by molar-refractivity contribution is 9.06. The van der Waals surface area contributed by atoms with Gasteiger partial charge in [0.05, 0.1) is 25.4 Å². The Hall–Kier alpha value is -1.11. The van der Waals surface area contributed by atoms with Crippen LogP contribution in [-0.2, 0) is 9.47 Å². The molecular formula is C16H21BrO5. The molecule has 0 saturated carbocycles. The Kier molecular flexibility index (Phi) is 6.67. The highest BCUT2D eigenvalue weighted by atomic mass is 79.9. The molecule has 6 heteroatoms. The molecule has 0 unspecified atom stereocenters. The zero-order valence-corrected chi connectivity index (χ0v) is 14.4. The van der Waals surface area contributed by atoms with Crippen LogP contribution in [0.4, 0.5) is 0 Å². The molecule has 1 aromatic rings. The van der Waals surface area contributed by atoms with Gasteiger partial charge in [0.25, 0.3) is 0 Å². The number of ketones is 1. The van der Waals surface area contributed by atoms with Crippen LogP contribution in [0.25, 0.3) is 0 Å². The van der Waals surface area contributed by atoms with Gasteiger partial charge >= 0.3 is 0 Å². The maximum atomic E-state index is 12.5. The molecule has 5 nitrogen and oxygen atoms in total. The van der Waals surface area contributed by atoms with Gasteiger partial charge in [-0.3, -0.25) is 4.79 Å². The van der Waals surface area contributed by atoms with Crippen LogP contribution in [0.1, 0.15) is 37.0 Å². The van der Waals surface area contributed by atoms with Crippen LogP contribution in [-0.4, -0.2) is 31.9 Å². The molecule has 1 aliphatic rings. The quantitative estimate of drug-likeness (QED) is 0.650. The Bertz CT molecular complexity index is 497. The van der Waals surface area contributed by atoms with Crippen molar-refractivity contribution in [2.45, 2.75) is 33.0 Å². The van der Waals surface area contributed by atoms with Crippen LogP contribution in [0.2, 0.25) is 0 Å². The summed E-state index contributed by atoms with van der Waals surface area (Å²) in [5.74, 6) is 1.52. The number of carbonyl (C=O) groups excluding carboxylic acids is 1. The molecule has 1 heterocycles. The van der Waals surface area contributed by atoms with E-state index in [2.05, 4.69) is 30.1 Å². The van der Waals surface area contributed by atoms with Gasteiger partial charge in [0, 0.05) is 12.8 Å².